The molecule has 9 nitrogen and oxygen atoms in total. The number of H-pyrrole nitrogens is 1. The molecule has 0 bridgehead atoms. The minimum absolute atomic E-state index is 0.310. The van der Waals surface area contributed by atoms with E-state index in [1.54, 1.807) is 6.20 Å². The van der Waals surface area contributed by atoms with Gasteiger partial charge in [0, 0.05) is 12.7 Å². The molecule has 0 saturated heterocycles. The van der Waals surface area contributed by atoms with Crippen LogP contribution < -0.4 is 11.1 Å². The minimum Gasteiger partial charge on any atom is -0.366 e. The van der Waals surface area contributed by atoms with Gasteiger partial charge in [-0.15, -0.1) is 0 Å². The standard InChI is InChI=1S/C11H12N8O/c1-2-13-11-16-9-7(4-14-18-9)10(17-11)19-5-6(3-15-19)8(12)20/h3-5H,2H2,1H3,(H2,12,20)(H2,13,14,16,17,18). The second-order valence-corrected chi connectivity index (χ2v) is 4.07. The molecule has 0 spiro atoms. The van der Waals surface area contributed by atoms with Crippen LogP contribution in [0.3, 0.4) is 0 Å². The van der Waals surface area contributed by atoms with Gasteiger partial charge in [0.05, 0.1) is 23.3 Å². The Kier molecular flexibility index (Phi) is 2.78. The number of primary amides is 1. The molecule has 20 heavy (non-hydrogen) atoms. The van der Waals surface area contributed by atoms with E-state index >= 15 is 0 Å². The summed E-state index contributed by atoms with van der Waals surface area (Å²) in [6.45, 7) is 2.63. The molecule has 3 aromatic heterocycles. The lowest BCUT2D eigenvalue weighted by Crippen LogP contribution is -2.10. The number of amides is 1. The van der Waals surface area contributed by atoms with Gasteiger partial charge in [0.1, 0.15) is 0 Å². The lowest BCUT2D eigenvalue weighted by molar-refractivity contribution is 0.100. The molecule has 1 amide bonds. The van der Waals surface area contributed by atoms with E-state index in [-0.39, 0.29) is 0 Å². The molecule has 0 fully saturated rings. The highest BCUT2D eigenvalue weighted by molar-refractivity contribution is 5.92. The number of carbonyl (C=O) groups is 1. The van der Waals surface area contributed by atoms with Crippen LogP contribution in [0.1, 0.15) is 17.3 Å². The average molecular weight is 272 g/mol. The molecule has 0 aromatic carbocycles. The van der Waals surface area contributed by atoms with Gasteiger partial charge in [-0.3, -0.25) is 9.89 Å². The summed E-state index contributed by atoms with van der Waals surface area (Å²) in [5, 5.41) is 14.5. The number of carbonyl (C=O) groups excluding carboxylic acids is 1. The summed E-state index contributed by atoms with van der Waals surface area (Å²) >= 11 is 0. The number of hydrogen-bond donors (Lipinski definition) is 3. The molecule has 0 saturated carbocycles. The average Bonchev–Trinajstić information content (AvgIpc) is 3.07. The lowest BCUT2D eigenvalue weighted by atomic mass is 10.3. The van der Waals surface area contributed by atoms with Crippen molar-refractivity contribution in [1.29, 1.82) is 0 Å². The van der Waals surface area contributed by atoms with E-state index in [0.29, 0.717) is 34.9 Å². The number of aromatic nitrogens is 6. The Bertz CT molecular complexity index is 774. The Balaban J connectivity index is 2.17. The smallest absolute Gasteiger partial charge is 0.251 e. The maximum absolute atomic E-state index is 11.1. The minimum atomic E-state index is -0.541. The first-order chi connectivity index (χ1) is 9.69. The van der Waals surface area contributed by atoms with Crippen molar-refractivity contribution in [2.45, 2.75) is 6.92 Å². The summed E-state index contributed by atoms with van der Waals surface area (Å²) in [7, 11) is 0. The van der Waals surface area contributed by atoms with Crippen molar-refractivity contribution in [2.24, 2.45) is 5.73 Å². The van der Waals surface area contributed by atoms with Crippen molar-refractivity contribution >= 4 is 22.9 Å². The molecule has 0 aliphatic rings. The van der Waals surface area contributed by atoms with E-state index in [2.05, 4.69) is 30.6 Å². The lowest BCUT2D eigenvalue weighted by Gasteiger charge is -2.05. The predicted octanol–water partition coefficient (Wildman–Crippen LogP) is 0.0693. The van der Waals surface area contributed by atoms with Gasteiger partial charge in [-0.1, -0.05) is 0 Å². The summed E-state index contributed by atoms with van der Waals surface area (Å²) in [6.07, 6.45) is 4.52. The third-order valence-corrected chi connectivity index (χ3v) is 2.71. The van der Waals surface area contributed by atoms with Crippen LogP contribution in [0.4, 0.5) is 5.95 Å². The zero-order chi connectivity index (χ0) is 14.1. The quantitative estimate of drug-likeness (QED) is 0.616. The number of hydrogen-bond acceptors (Lipinski definition) is 6. The number of rotatable bonds is 4. The Hall–Kier alpha value is -2.97. The Labute approximate surface area is 113 Å². The van der Waals surface area contributed by atoms with Crippen molar-refractivity contribution in [3.63, 3.8) is 0 Å². The van der Waals surface area contributed by atoms with Gasteiger partial charge in [-0.05, 0) is 6.92 Å². The first-order valence-electron chi connectivity index (χ1n) is 5.99. The largest absolute Gasteiger partial charge is 0.366 e. The van der Waals surface area contributed by atoms with E-state index in [1.807, 2.05) is 6.92 Å². The maximum atomic E-state index is 11.1. The van der Waals surface area contributed by atoms with Crippen LogP contribution in [-0.2, 0) is 0 Å². The highest BCUT2D eigenvalue weighted by Crippen LogP contribution is 2.18. The zero-order valence-electron chi connectivity index (χ0n) is 10.7. The SMILES string of the molecule is CCNc1nc(-n2cc(C(N)=O)cn2)c2cn[nH]c2n1. The number of nitrogens with two attached hydrogens (primary N) is 1. The van der Waals surface area contributed by atoms with Crippen molar-refractivity contribution < 1.29 is 4.79 Å². The highest BCUT2D eigenvalue weighted by Gasteiger charge is 2.13. The first kappa shape index (κ1) is 12.1. The molecule has 0 aliphatic carbocycles. The van der Waals surface area contributed by atoms with Crippen LogP contribution in [0.15, 0.2) is 18.6 Å². The van der Waals surface area contributed by atoms with E-state index in [4.69, 9.17) is 5.73 Å². The Morgan fingerprint density at radius 1 is 1.45 bits per heavy atom. The molecule has 0 unspecified atom stereocenters. The molecule has 102 valence electrons. The van der Waals surface area contributed by atoms with Gasteiger partial charge in [0.2, 0.25) is 5.95 Å². The summed E-state index contributed by atoms with van der Waals surface area (Å²) in [5.74, 6) is 0.434. The van der Waals surface area contributed by atoms with Gasteiger partial charge in [0.15, 0.2) is 11.5 Å². The van der Waals surface area contributed by atoms with Gasteiger partial charge in [-0.2, -0.15) is 20.2 Å². The van der Waals surface area contributed by atoms with Gasteiger partial charge >= 0.3 is 0 Å². The molecule has 0 atom stereocenters. The zero-order valence-corrected chi connectivity index (χ0v) is 10.7. The molecule has 0 aliphatic heterocycles. The van der Waals surface area contributed by atoms with Gasteiger partial charge < -0.3 is 11.1 Å². The van der Waals surface area contributed by atoms with Crippen molar-refractivity contribution in [2.75, 3.05) is 11.9 Å². The molecule has 3 rings (SSSR count). The van der Waals surface area contributed by atoms with Crippen LogP contribution in [0.2, 0.25) is 0 Å². The Morgan fingerprint density at radius 3 is 3.00 bits per heavy atom. The van der Waals surface area contributed by atoms with E-state index < -0.39 is 5.91 Å². The molecule has 3 aromatic rings. The second kappa shape index (κ2) is 4.61. The van der Waals surface area contributed by atoms with Crippen LogP contribution in [0.5, 0.6) is 0 Å². The predicted molar refractivity (Wildman–Crippen MR) is 71.5 cm³/mol. The molecule has 4 N–H and O–H groups in total. The molecule has 0 radical (unpaired) electrons. The third-order valence-electron chi connectivity index (χ3n) is 2.71. The number of nitrogens with zero attached hydrogens (tertiary/aromatic N) is 5. The molecular weight excluding hydrogens is 260 g/mol. The van der Waals surface area contributed by atoms with E-state index in [1.165, 1.54) is 17.1 Å². The van der Waals surface area contributed by atoms with Crippen LogP contribution >= 0.6 is 0 Å². The normalized spacial score (nSPS) is 10.8. The van der Waals surface area contributed by atoms with Crippen molar-refractivity contribution in [1.82, 2.24) is 29.9 Å². The fourth-order valence-electron chi connectivity index (χ4n) is 1.80. The fraction of sp³-hybridized carbons (Fsp3) is 0.182. The summed E-state index contributed by atoms with van der Waals surface area (Å²) in [5.41, 5.74) is 6.12. The van der Waals surface area contributed by atoms with Gasteiger partial charge in [-0.25, -0.2) is 4.68 Å². The van der Waals surface area contributed by atoms with Crippen LogP contribution in [-0.4, -0.2) is 42.4 Å². The Morgan fingerprint density at radius 2 is 2.30 bits per heavy atom. The molecule has 3 heterocycles. The number of anilines is 1. The maximum Gasteiger partial charge on any atom is 0.251 e. The number of fused-ring (bicyclic) bond motifs is 1. The fourth-order valence-corrected chi connectivity index (χ4v) is 1.80. The van der Waals surface area contributed by atoms with Crippen LogP contribution in [0, 0.1) is 0 Å². The van der Waals surface area contributed by atoms with E-state index in [0.717, 1.165) is 0 Å². The third kappa shape index (κ3) is 1.94. The second-order valence-electron chi connectivity index (χ2n) is 4.07. The number of nitrogens with one attached hydrogen (secondary N) is 2. The topological polar surface area (TPSA) is 127 Å². The summed E-state index contributed by atoms with van der Waals surface area (Å²) < 4.78 is 1.47. The van der Waals surface area contributed by atoms with Crippen LogP contribution in [0.25, 0.3) is 16.9 Å². The first-order valence-corrected chi connectivity index (χ1v) is 5.99. The van der Waals surface area contributed by atoms with Crippen molar-refractivity contribution in [3.05, 3.63) is 24.2 Å². The molecule has 9 heteroatoms. The summed E-state index contributed by atoms with van der Waals surface area (Å²) in [4.78, 5) is 19.8. The monoisotopic (exact) mass is 272 g/mol. The van der Waals surface area contributed by atoms with Crippen molar-refractivity contribution in [3.8, 4) is 5.82 Å². The molecular formula is C11H12N8O. The highest BCUT2D eigenvalue weighted by atomic mass is 16.1. The van der Waals surface area contributed by atoms with Gasteiger partial charge in [0.25, 0.3) is 5.91 Å². The number of aromatic amines is 1. The van der Waals surface area contributed by atoms with E-state index in [9.17, 15) is 4.79 Å². The summed E-state index contributed by atoms with van der Waals surface area (Å²) in [6, 6.07) is 0.